The lowest BCUT2D eigenvalue weighted by atomic mass is 9.52. The van der Waals surface area contributed by atoms with E-state index >= 15 is 0 Å². The lowest BCUT2D eigenvalue weighted by molar-refractivity contribution is -0.164. The van der Waals surface area contributed by atoms with E-state index in [0.717, 1.165) is 11.1 Å². The molecule has 4 nitrogen and oxygen atoms in total. The minimum Gasteiger partial charge on any atom is -0.481 e. The van der Waals surface area contributed by atoms with E-state index in [0.29, 0.717) is 0 Å². The topological polar surface area (TPSA) is 74.6 Å². The zero-order chi connectivity index (χ0) is 15.7. The second-order valence-corrected chi connectivity index (χ2v) is 5.60. The van der Waals surface area contributed by atoms with Crippen molar-refractivity contribution in [2.45, 2.75) is 11.8 Å². The van der Waals surface area contributed by atoms with Gasteiger partial charge in [-0.3, -0.25) is 9.59 Å². The monoisotopic (exact) mass is 296 g/mol. The zero-order valence-corrected chi connectivity index (χ0v) is 11.8. The summed E-state index contributed by atoms with van der Waals surface area (Å²) in [6.07, 6.45) is 0. The van der Waals surface area contributed by atoms with E-state index in [1.54, 1.807) is 0 Å². The first-order valence-electron chi connectivity index (χ1n) is 7.16. The van der Waals surface area contributed by atoms with Crippen molar-refractivity contribution in [1.29, 1.82) is 0 Å². The molecular formula is C18H16O4. The molecule has 4 atom stereocenters. The van der Waals surface area contributed by atoms with Crippen molar-refractivity contribution >= 4 is 11.9 Å². The molecule has 4 heteroatoms. The smallest absolute Gasteiger partial charge is 0.308 e. The van der Waals surface area contributed by atoms with Crippen molar-refractivity contribution < 1.29 is 19.8 Å². The summed E-state index contributed by atoms with van der Waals surface area (Å²) in [6, 6.07) is 18.6. The minimum absolute atomic E-state index is 0.317. The molecule has 0 saturated heterocycles. The van der Waals surface area contributed by atoms with Gasteiger partial charge in [-0.25, -0.2) is 0 Å². The molecule has 0 unspecified atom stereocenters. The SMILES string of the molecule is O=C(O)[C@@H]1[C@H](C(=O)O)[C@H](c2ccccc2)[C@H]1c1ccccc1. The fraction of sp³-hybridized carbons (Fsp3) is 0.222. The van der Waals surface area contributed by atoms with Crippen LogP contribution in [0.5, 0.6) is 0 Å². The highest BCUT2D eigenvalue weighted by molar-refractivity contribution is 5.85. The van der Waals surface area contributed by atoms with E-state index in [-0.39, 0.29) is 11.8 Å². The Kier molecular flexibility index (Phi) is 3.67. The van der Waals surface area contributed by atoms with Crippen LogP contribution in [0.25, 0.3) is 0 Å². The Morgan fingerprint density at radius 3 is 1.23 bits per heavy atom. The molecule has 0 spiro atoms. The number of carboxylic acids is 2. The van der Waals surface area contributed by atoms with Crippen molar-refractivity contribution in [2.24, 2.45) is 11.8 Å². The molecule has 0 aromatic heterocycles. The molecule has 1 aliphatic rings. The third kappa shape index (κ3) is 2.26. The van der Waals surface area contributed by atoms with E-state index in [1.807, 2.05) is 60.7 Å². The number of aliphatic carboxylic acids is 2. The van der Waals surface area contributed by atoms with Crippen LogP contribution in [0.4, 0.5) is 0 Å². The third-order valence-electron chi connectivity index (χ3n) is 4.49. The van der Waals surface area contributed by atoms with Gasteiger partial charge in [0.1, 0.15) is 0 Å². The van der Waals surface area contributed by atoms with Gasteiger partial charge in [-0.1, -0.05) is 60.7 Å². The Balaban J connectivity index is 2.07. The summed E-state index contributed by atoms with van der Waals surface area (Å²) in [6.45, 7) is 0. The second kappa shape index (κ2) is 5.64. The van der Waals surface area contributed by atoms with Gasteiger partial charge < -0.3 is 10.2 Å². The summed E-state index contributed by atoms with van der Waals surface area (Å²) >= 11 is 0. The van der Waals surface area contributed by atoms with E-state index in [4.69, 9.17) is 0 Å². The van der Waals surface area contributed by atoms with Gasteiger partial charge >= 0.3 is 11.9 Å². The largest absolute Gasteiger partial charge is 0.481 e. The van der Waals surface area contributed by atoms with Crippen molar-refractivity contribution in [3.63, 3.8) is 0 Å². The van der Waals surface area contributed by atoms with Crippen LogP contribution in [0, 0.1) is 11.8 Å². The van der Waals surface area contributed by atoms with Gasteiger partial charge in [-0.2, -0.15) is 0 Å². The lowest BCUT2D eigenvalue weighted by Gasteiger charge is -2.48. The highest BCUT2D eigenvalue weighted by Crippen LogP contribution is 2.57. The summed E-state index contributed by atoms with van der Waals surface area (Å²) in [5, 5.41) is 19.0. The van der Waals surface area contributed by atoms with Crippen LogP contribution in [0.3, 0.4) is 0 Å². The van der Waals surface area contributed by atoms with Crippen LogP contribution in [-0.2, 0) is 9.59 Å². The highest BCUT2D eigenvalue weighted by Gasteiger charge is 2.58. The van der Waals surface area contributed by atoms with Crippen LogP contribution >= 0.6 is 0 Å². The fourth-order valence-electron chi connectivity index (χ4n) is 3.54. The quantitative estimate of drug-likeness (QED) is 0.909. The Labute approximate surface area is 128 Å². The molecular weight excluding hydrogens is 280 g/mol. The number of benzene rings is 2. The maximum atomic E-state index is 11.6. The third-order valence-corrected chi connectivity index (χ3v) is 4.49. The highest BCUT2D eigenvalue weighted by atomic mass is 16.4. The van der Waals surface area contributed by atoms with E-state index in [2.05, 4.69) is 0 Å². The number of carboxylic acid groups (broad SMARTS) is 2. The van der Waals surface area contributed by atoms with E-state index < -0.39 is 23.8 Å². The van der Waals surface area contributed by atoms with Gasteiger partial charge in [0.2, 0.25) is 0 Å². The molecule has 3 rings (SSSR count). The van der Waals surface area contributed by atoms with E-state index in [1.165, 1.54) is 0 Å². The number of hydrogen-bond acceptors (Lipinski definition) is 2. The first kappa shape index (κ1) is 14.3. The van der Waals surface area contributed by atoms with Crippen LogP contribution in [0.15, 0.2) is 60.7 Å². The first-order chi connectivity index (χ1) is 10.6. The number of carbonyl (C=O) groups is 2. The molecule has 0 bridgehead atoms. The molecule has 112 valence electrons. The van der Waals surface area contributed by atoms with Gasteiger partial charge in [0.05, 0.1) is 11.8 Å². The van der Waals surface area contributed by atoms with Crippen LogP contribution < -0.4 is 0 Å². The number of hydrogen-bond donors (Lipinski definition) is 2. The van der Waals surface area contributed by atoms with Gasteiger partial charge in [0, 0.05) is 11.8 Å². The maximum absolute atomic E-state index is 11.6. The van der Waals surface area contributed by atoms with Crippen molar-refractivity contribution in [1.82, 2.24) is 0 Å². The molecule has 1 aliphatic carbocycles. The Hall–Kier alpha value is -2.62. The summed E-state index contributed by atoms with van der Waals surface area (Å²) in [5.74, 6) is -4.53. The second-order valence-electron chi connectivity index (χ2n) is 5.60. The zero-order valence-electron chi connectivity index (χ0n) is 11.8. The molecule has 2 aromatic carbocycles. The maximum Gasteiger partial charge on any atom is 0.308 e. The fourth-order valence-corrected chi connectivity index (χ4v) is 3.54. The summed E-state index contributed by atoms with van der Waals surface area (Å²) < 4.78 is 0. The van der Waals surface area contributed by atoms with Crippen molar-refractivity contribution in [2.75, 3.05) is 0 Å². The Morgan fingerprint density at radius 2 is 0.955 bits per heavy atom. The molecule has 2 aromatic rings. The van der Waals surface area contributed by atoms with Gasteiger partial charge in [0.25, 0.3) is 0 Å². The molecule has 0 radical (unpaired) electrons. The average molecular weight is 296 g/mol. The standard InChI is InChI=1S/C18H16O4/c19-17(20)15-13(11-7-3-1-4-8-11)14(16(15)18(21)22)12-9-5-2-6-10-12/h1-10,13-16H,(H,19,20)(H,21,22)/t13-,14-,15-,16+/m1/s1. The van der Waals surface area contributed by atoms with Crippen LogP contribution in [0.1, 0.15) is 23.0 Å². The normalized spacial score (nSPS) is 26.9. The molecule has 1 fully saturated rings. The summed E-state index contributed by atoms with van der Waals surface area (Å²) in [5.41, 5.74) is 1.75. The van der Waals surface area contributed by atoms with Crippen LogP contribution in [0.2, 0.25) is 0 Å². The van der Waals surface area contributed by atoms with Crippen molar-refractivity contribution in [3.05, 3.63) is 71.8 Å². The van der Waals surface area contributed by atoms with E-state index in [9.17, 15) is 19.8 Å². The number of rotatable bonds is 4. The predicted octanol–water partition coefficient (Wildman–Crippen LogP) is 2.97. The predicted molar refractivity (Wildman–Crippen MR) is 80.6 cm³/mol. The Bertz CT molecular complexity index is 619. The average Bonchev–Trinajstić information content (AvgIpc) is 2.47. The van der Waals surface area contributed by atoms with Gasteiger partial charge in [-0.05, 0) is 11.1 Å². The molecule has 2 N–H and O–H groups in total. The van der Waals surface area contributed by atoms with Gasteiger partial charge in [-0.15, -0.1) is 0 Å². The molecule has 0 amide bonds. The summed E-state index contributed by atoms with van der Waals surface area (Å²) in [7, 11) is 0. The van der Waals surface area contributed by atoms with Crippen molar-refractivity contribution in [3.8, 4) is 0 Å². The minimum atomic E-state index is -1.05. The first-order valence-corrected chi connectivity index (χ1v) is 7.16. The van der Waals surface area contributed by atoms with Crippen LogP contribution in [-0.4, -0.2) is 22.2 Å². The molecule has 1 saturated carbocycles. The summed E-state index contributed by atoms with van der Waals surface area (Å²) in [4.78, 5) is 23.2. The molecule has 22 heavy (non-hydrogen) atoms. The molecule has 0 heterocycles. The lowest BCUT2D eigenvalue weighted by Crippen LogP contribution is -2.51. The molecule has 0 aliphatic heterocycles. The Morgan fingerprint density at radius 1 is 0.636 bits per heavy atom. The van der Waals surface area contributed by atoms with Gasteiger partial charge in [0.15, 0.2) is 0 Å².